The Bertz CT molecular complexity index is 722. The van der Waals surface area contributed by atoms with Crippen molar-refractivity contribution in [3.05, 3.63) is 28.7 Å². The van der Waals surface area contributed by atoms with Crippen LogP contribution in [0.2, 0.25) is 5.02 Å². The van der Waals surface area contributed by atoms with E-state index >= 15 is 0 Å². The number of pyridine rings is 1. The Labute approximate surface area is 121 Å². The maximum atomic E-state index is 12.3. The predicted molar refractivity (Wildman–Crippen MR) is 77.7 cm³/mol. The van der Waals surface area contributed by atoms with E-state index in [0.29, 0.717) is 22.9 Å². The lowest BCUT2D eigenvalue weighted by atomic mass is 10.3. The molecule has 0 atom stereocenters. The smallest absolute Gasteiger partial charge is 0.263 e. The number of rotatable bonds is 4. The molecule has 0 fully saturated rings. The summed E-state index contributed by atoms with van der Waals surface area (Å²) in [4.78, 5) is 3.94. The lowest BCUT2D eigenvalue weighted by Crippen LogP contribution is -2.14. The molecule has 20 heavy (non-hydrogen) atoms. The van der Waals surface area contributed by atoms with E-state index in [0.717, 1.165) is 0 Å². The number of aromatic nitrogens is 3. The van der Waals surface area contributed by atoms with E-state index < -0.39 is 10.0 Å². The molecule has 0 saturated heterocycles. The third kappa shape index (κ3) is 2.70. The number of H-pyrrole nitrogens is 1. The molecule has 0 aliphatic heterocycles. The number of halogens is 1. The average molecular weight is 316 g/mol. The number of hydrogen-bond acceptors (Lipinski definition) is 5. The molecule has 0 unspecified atom stereocenters. The summed E-state index contributed by atoms with van der Waals surface area (Å²) >= 11 is 5.94. The van der Waals surface area contributed by atoms with Gasteiger partial charge in [-0.05, 0) is 19.9 Å². The number of anilines is 2. The molecule has 2 aromatic rings. The zero-order valence-electron chi connectivity index (χ0n) is 11.2. The molecule has 2 rings (SSSR count). The van der Waals surface area contributed by atoms with Gasteiger partial charge in [-0.1, -0.05) is 11.6 Å². The van der Waals surface area contributed by atoms with Gasteiger partial charge in [0.1, 0.15) is 10.7 Å². The maximum Gasteiger partial charge on any atom is 0.263 e. The molecule has 3 N–H and O–H groups in total. The Balaban J connectivity index is 2.38. The van der Waals surface area contributed by atoms with Gasteiger partial charge in [0.2, 0.25) is 0 Å². The lowest BCUT2D eigenvalue weighted by molar-refractivity contribution is 0.600. The Hall–Kier alpha value is -1.80. The Morgan fingerprint density at radius 1 is 1.35 bits per heavy atom. The Kier molecular flexibility index (Phi) is 3.87. The molecule has 2 heterocycles. The van der Waals surface area contributed by atoms with Crippen LogP contribution in [-0.4, -0.2) is 30.6 Å². The van der Waals surface area contributed by atoms with Crippen LogP contribution in [0, 0.1) is 13.8 Å². The molecule has 7 nitrogen and oxygen atoms in total. The Morgan fingerprint density at radius 2 is 2.05 bits per heavy atom. The van der Waals surface area contributed by atoms with Crippen molar-refractivity contribution in [2.24, 2.45) is 0 Å². The molecule has 108 valence electrons. The van der Waals surface area contributed by atoms with Crippen LogP contribution in [-0.2, 0) is 10.0 Å². The van der Waals surface area contributed by atoms with Gasteiger partial charge in [-0.2, -0.15) is 5.10 Å². The summed E-state index contributed by atoms with van der Waals surface area (Å²) in [7, 11) is -2.11. The summed E-state index contributed by atoms with van der Waals surface area (Å²) in [6, 6.07) is 1.34. The first-order chi connectivity index (χ1) is 9.35. The fourth-order valence-electron chi connectivity index (χ4n) is 1.65. The standard InChI is InChI=1S/C11H14ClN5O2S/c1-6-10(7(2)16-15-6)17-20(18,19)8-4-9(12)11(13-3)14-5-8/h4-5,17H,1-3H3,(H,13,14)(H,15,16). The van der Waals surface area contributed by atoms with Crippen LogP contribution in [0.4, 0.5) is 11.5 Å². The van der Waals surface area contributed by atoms with Gasteiger partial charge in [0, 0.05) is 13.2 Å². The number of nitrogens with zero attached hydrogens (tertiary/aromatic N) is 2. The number of aryl methyl sites for hydroxylation is 2. The zero-order valence-corrected chi connectivity index (χ0v) is 12.7. The van der Waals surface area contributed by atoms with Crippen molar-refractivity contribution in [3.8, 4) is 0 Å². The third-order valence-corrected chi connectivity index (χ3v) is 4.33. The number of nitrogens with one attached hydrogen (secondary N) is 3. The minimum absolute atomic E-state index is 0.0125. The van der Waals surface area contributed by atoms with E-state index in [-0.39, 0.29) is 9.92 Å². The molecule has 0 aliphatic rings. The fourth-order valence-corrected chi connectivity index (χ4v) is 3.12. The average Bonchev–Trinajstić information content (AvgIpc) is 2.70. The number of aromatic amines is 1. The van der Waals surface area contributed by atoms with Crippen molar-refractivity contribution in [1.29, 1.82) is 0 Å². The number of hydrogen-bond donors (Lipinski definition) is 3. The molecule has 0 spiro atoms. The van der Waals surface area contributed by atoms with Gasteiger partial charge < -0.3 is 5.32 Å². The molecule has 0 aliphatic carbocycles. The van der Waals surface area contributed by atoms with Gasteiger partial charge in [-0.3, -0.25) is 9.82 Å². The molecule has 0 aromatic carbocycles. The summed E-state index contributed by atoms with van der Waals surface area (Å²) in [5.41, 5.74) is 1.63. The van der Waals surface area contributed by atoms with E-state index in [9.17, 15) is 8.42 Å². The van der Waals surface area contributed by atoms with Crippen LogP contribution in [0.25, 0.3) is 0 Å². The molecule has 0 bridgehead atoms. The molecule has 9 heteroatoms. The summed E-state index contributed by atoms with van der Waals surface area (Å²) in [6.45, 7) is 3.43. The van der Waals surface area contributed by atoms with Crippen molar-refractivity contribution in [2.75, 3.05) is 17.1 Å². The second kappa shape index (κ2) is 5.29. The highest BCUT2D eigenvalue weighted by Gasteiger charge is 2.19. The van der Waals surface area contributed by atoms with E-state index in [1.165, 1.54) is 12.3 Å². The molecule has 0 radical (unpaired) electrons. The van der Waals surface area contributed by atoms with Gasteiger partial charge in [0.25, 0.3) is 10.0 Å². The topological polar surface area (TPSA) is 99.8 Å². The zero-order chi connectivity index (χ0) is 14.9. The largest absolute Gasteiger partial charge is 0.372 e. The monoisotopic (exact) mass is 315 g/mol. The number of sulfonamides is 1. The highest BCUT2D eigenvalue weighted by Crippen LogP contribution is 2.25. The highest BCUT2D eigenvalue weighted by molar-refractivity contribution is 7.92. The van der Waals surface area contributed by atoms with Crippen molar-refractivity contribution in [2.45, 2.75) is 18.7 Å². The van der Waals surface area contributed by atoms with Gasteiger partial charge in [0.15, 0.2) is 0 Å². The molecular formula is C11H14ClN5O2S. The van der Waals surface area contributed by atoms with E-state index in [2.05, 4.69) is 25.2 Å². The second-order valence-corrected chi connectivity index (χ2v) is 6.26. The molecular weight excluding hydrogens is 302 g/mol. The summed E-state index contributed by atoms with van der Waals surface area (Å²) in [6.07, 6.45) is 1.24. The van der Waals surface area contributed by atoms with Gasteiger partial charge >= 0.3 is 0 Å². The van der Waals surface area contributed by atoms with Gasteiger partial charge in [0.05, 0.1) is 22.1 Å². The van der Waals surface area contributed by atoms with E-state index in [1.54, 1.807) is 20.9 Å². The van der Waals surface area contributed by atoms with Crippen molar-refractivity contribution in [1.82, 2.24) is 15.2 Å². The first kappa shape index (κ1) is 14.6. The minimum Gasteiger partial charge on any atom is -0.372 e. The van der Waals surface area contributed by atoms with Gasteiger partial charge in [-0.25, -0.2) is 13.4 Å². The molecule has 2 aromatic heterocycles. The van der Waals surface area contributed by atoms with Crippen molar-refractivity contribution in [3.63, 3.8) is 0 Å². The van der Waals surface area contributed by atoms with Gasteiger partial charge in [-0.15, -0.1) is 0 Å². The summed E-state index contributed by atoms with van der Waals surface area (Å²) in [5.74, 6) is 0.418. The maximum absolute atomic E-state index is 12.3. The quantitative estimate of drug-likeness (QED) is 0.800. The van der Waals surface area contributed by atoms with Crippen LogP contribution >= 0.6 is 11.6 Å². The fraction of sp³-hybridized carbons (Fsp3) is 0.273. The lowest BCUT2D eigenvalue weighted by Gasteiger charge is -2.09. The van der Waals surface area contributed by atoms with E-state index in [4.69, 9.17) is 11.6 Å². The van der Waals surface area contributed by atoms with E-state index in [1.807, 2.05) is 0 Å². The summed E-state index contributed by atoms with van der Waals surface area (Å²) in [5, 5.41) is 9.64. The normalized spacial score (nSPS) is 11.4. The van der Waals surface area contributed by atoms with Crippen molar-refractivity contribution < 1.29 is 8.42 Å². The summed E-state index contributed by atoms with van der Waals surface area (Å²) < 4.78 is 27.0. The highest BCUT2D eigenvalue weighted by atomic mass is 35.5. The van der Waals surface area contributed by atoms with Crippen LogP contribution in [0.15, 0.2) is 17.2 Å². The first-order valence-electron chi connectivity index (χ1n) is 5.73. The third-order valence-electron chi connectivity index (χ3n) is 2.73. The van der Waals surface area contributed by atoms with Crippen LogP contribution < -0.4 is 10.0 Å². The van der Waals surface area contributed by atoms with Crippen molar-refractivity contribution >= 4 is 33.1 Å². The molecule has 0 amide bonds. The second-order valence-electron chi connectivity index (χ2n) is 4.17. The van der Waals surface area contributed by atoms with Crippen LogP contribution in [0.5, 0.6) is 0 Å². The van der Waals surface area contributed by atoms with Crippen LogP contribution in [0.1, 0.15) is 11.4 Å². The SMILES string of the molecule is CNc1ncc(S(=O)(=O)Nc2c(C)n[nH]c2C)cc1Cl. The van der Waals surface area contributed by atoms with Crippen LogP contribution in [0.3, 0.4) is 0 Å². The first-order valence-corrected chi connectivity index (χ1v) is 7.59. The molecule has 0 saturated carbocycles. The predicted octanol–water partition coefficient (Wildman–Crippen LogP) is 1.92. The Morgan fingerprint density at radius 3 is 2.55 bits per heavy atom. The minimum atomic E-state index is -3.76.